The van der Waals surface area contributed by atoms with Crippen molar-refractivity contribution in [2.24, 2.45) is 0 Å². The van der Waals surface area contributed by atoms with E-state index < -0.39 is 0 Å². The molecule has 0 aliphatic heterocycles. The van der Waals surface area contributed by atoms with E-state index in [4.69, 9.17) is 6.42 Å². The van der Waals surface area contributed by atoms with Gasteiger partial charge in [-0.25, -0.2) is 0 Å². The lowest BCUT2D eigenvalue weighted by Crippen LogP contribution is -2.15. The summed E-state index contributed by atoms with van der Waals surface area (Å²) in [4.78, 5) is 0. The zero-order valence-corrected chi connectivity index (χ0v) is 12.3. The molecule has 1 aromatic heterocycles. The Kier molecular flexibility index (Phi) is 5.03. The molecule has 1 heterocycles. The van der Waals surface area contributed by atoms with E-state index in [9.17, 15) is 0 Å². The first-order chi connectivity index (χ1) is 9.74. The molecule has 0 aliphatic carbocycles. The Balaban J connectivity index is 2.08. The van der Waals surface area contributed by atoms with Crippen molar-refractivity contribution in [1.29, 1.82) is 0 Å². The van der Waals surface area contributed by atoms with E-state index in [1.165, 1.54) is 22.6 Å². The van der Waals surface area contributed by atoms with Crippen molar-refractivity contribution in [2.75, 3.05) is 6.54 Å². The molecule has 1 N–H and O–H groups in total. The Morgan fingerprint density at radius 3 is 2.65 bits per heavy atom. The number of para-hydroxylation sites is 1. The number of rotatable bonds is 6. The van der Waals surface area contributed by atoms with Crippen LogP contribution in [0.25, 0.3) is 5.69 Å². The normalized spacial score (nSPS) is 10.4. The predicted octanol–water partition coefficient (Wildman–Crippen LogP) is 3.60. The van der Waals surface area contributed by atoms with E-state index in [0.717, 1.165) is 25.9 Å². The number of hydrogen-bond donors (Lipinski definition) is 1. The lowest BCUT2D eigenvalue weighted by atomic mass is 10.2. The molecule has 2 rings (SSSR count). The molecule has 0 aliphatic rings. The van der Waals surface area contributed by atoms with Crippen LogP contribution in [0.1, 0.15) is 29.8 Å². The minimum absolute atomic E-state index is 0.843. The summed E-state index contributed by atoms with van der Waals surface area (Å²) >= 11 is 0. The summed E-state index contributed by atoms with van der Waals surface area (Å²) in [7, 11) is 0. The first-order valence-electron chi connectivity index (χ1n) is 7.11. The maximum Gasteiger partial charge on any atom is 0.0455 e. The van der Waals surface area contributed by atoms with Gasteiger partial charge in [-0.3, -0.25) is 0 Å². The number of unbranched alkanes of at least 4 members (excludes halogenated alkanes) is 1. The van der Waals surface area contributed by atoms with Gasteiger partial charge in [0, 0.05) is 30.0 Å². The summed E-state index contributed by atoms with van der Waals surface area (Å²) < 4.78 is 2.30. The molecule has 20 heavy (non-hydrogen) atoms. The van der Waals surface area contributed by atoms with Crippen LogP contribution in [-0.2, 0) is 6.54 Å². The van der Waals surface area contributed by atoms with Crippen molar-refractivity contribution in [3.63, 3.8) is 0 Å². The van der Waals surface area contributed by atoms with Gasteiger partial charge >= 0.3 is 0 Å². The van der Waals surface area contributed by atoms with Crippen molar-refractivity contribution < 1.29 is 0 Å². The second kappa shape index (κ2) is 6.98. The fourth-order valence-corrected chi connectivity index (χ4v) is 2.52. The van der Waals surface area contributed by atoms with E-state index in [0.29, 0.717) is 0 Å². The van der Waals surface area contributed by atoms with Gasteiger partial charge in [0.15, 0.2) is 0 Å². The van der Waals surface area contributed by atoms with Gasteiger partial charge in [0.1, 0.15) is 0 Å². The summed E-state index contributed by atoms with van der Waals surface area (Å²) in [6, 6.07) is 12.7. The molecular formula is C18H22N2. The fraction of sp³-hybridized carbons (Fsp3) is 0.333. The highest BCUT2D eigenvalue weighted by Gasteiger charge is 2.09. The van der Waals surface area contributed by atoms with Crippen molar-refractivity contribution >= 4 is 0 Å². The molecule has 104 valence electrons. The van der Waals surface area contributed by atoms with Crippen molar-refractivity contribution in [3.05, 3.63) is 53.3 Å². The van der Waals surface area contributed by atoms with Crippen molar-refractivity contribution in [3.8, 4) is 18.0 Å². The second-order valence-electron chi connectivity index (χ2n) is 5.05. The highest BCUT2D eigenvalue weighted by molar-refractivity contribution is 5.40. The lowest BCUT2D eigenvalue weighted by Gasteiger charge is -2.10. The Bertz CT molecular complexity index is 588. The minimum Gasteiger partial charge on any atom is -0.318 e. The zero-order chi connectivity index (χ0) is 14.4. The quantitative estimate of drug-likeness (QED) is 0.624. The molecule has 0 saturated heterocycles. The minimum atomic E-state index is 0.843. The number of terminal acetylenes is 1. The van der Waals surface area contributed by atoms with Crippen LogP contribution < -0.4 is 5.32 Å². The third-order valence-corrected chi connectivity index (χ3v) is 3.54. The van der Waals surface area contributed by atoms with Gasteiger partial charge in [-0.1, -0.05) is 18.2 Å². The number of benzene rings is 1. The van der Waals surface area contributed by atoms with Gasteiger partial charge in [-0.05, 0) is 50.6 Å². The van der Waals surface area contributed by atoms with Gasteiger partial charge in [-0.2, -0.15) is 0 Å². The first kappa shape index (κ1) is 14.4. The lowest BCUT2D eigenvalue weighted by molar-refractivity contribution is 0.656. The van der Waals surface area contributed by atoms with Crippen LogP contribution in [0.2, 0.25) is 0 Å². The molecule has 0 atom stereocenters. The Labute approximate surface area is 121 Å². The monoisotopic (exact) mass is 266 g/mol. The molecule has 0 bridgehead atoms. The van der Waals surface area contributed by atoms with E-state index >= 15 is 0 Å². The fourth-order valence-electron chi connectivity index (χ4n) is 2.52. The van der Waals surface area contributed by atoms with Gasteiger partial charge < -0.3 is 9.88 Å². The first-order valence-corrected chi connectivity index (χ1v) is 7.11. The summed E-state index contributed by atoms with van der Waals surface area (Å²) in [6.07, 6.45) is 7.13. The molecule has 2 aromatic rings. The summed E-state index contributed by atoms with van der Waals surface area (Å²) in [6.45, 7) is 6.20. The molecule has 0 fully saturated rings. The number of nitrogens with zero attached hydrogens (tertiary/aromatic N) is 1. The van der Waals surface area contributed by atoms with Crippen LogP contribution in [0, 0.1) is 26.2 Å². The average molecular weight is 266 g/mol. The van der Waals surface area contributed by atoms with Gasteiger partial charge in [-0.15, -0.1) is 12.3 Å². The maximum absolute atomic E-state index is 5.25. The van der Waals surface area contributed by atoms with Gasteiger partial charge in [0.2, 0.25) is 0 Å². The second-order valence-corrected chi connectivity index (χ2v) is 5.05. The largest absolute Gasteiger partial charge is 0.318 e. The maximum atomic E-state index is 5.25. The van der Waals surface area contributed by atoms with Crippen molar-refractivity contribution in [2.45, 2.75) is 33.2 Å². The third-order valence-electron chi connectivity index (χ3n) is 3.54. The van der Waals surface area contributed by atoms with Gasteiger partial charge in [0.25, 0.3) is 0 Å². The van der Waals surface area contributed by atoms with Crippen LogP contribution in [0.5, 0.6) is 0 Å². The Morgan fingerprint density at radius 2 is 1.95 bits per heavy atom. The van der Waals surface area contributed by atoms with Crippen LogP contribution in [-0.4, -0.2) is 11.1 Å². The Hall–Kier alpha value is -1.98. The van der Waals surface area contributed by atoms with E-state index in [1.54, 1.807) is 0 Å². The summed E-state index contributed by atoms with van der Waals surface area (Å²) in [5.41, 5.74) is 5.15. The molecular weight excluding hydrogens is 244 g/mol. The molecule has 0 spiro atoms. The van der Waals surface area contributed by atoms with Crippen LogP contribution in [0.3, 0.4) is 0 Å². The molecule has 0 radical (unpaired) electrons. The average Bonchev–Trinajstić information content (AvgIpc) is 2.74. The van der Waals surface area contributed by atoms with Crippen molar-refractivity contribution in [1.82, 2.24) is 9.88 Å². The standard InChI is InChI=1S/C18H22N2/c1-4-5-9-12-19-14-17-13-15(2)20(16(17)3)18-10-7-6-8-11-18/h1,6-8,10-11,13,19H,5,9,12,14H2,2-3H3. The molecule has 1 aromatic carbocycles. The van der Waals surface area contributed by atoms with E-state index in [1.807, 2.05) is 6.07 Å². The Morgan fingerprint density at radius 1 is 1.20 bits per heavy atom. The molecule has 0 saturated carbocycles. The van der Waals surface area contributed by atoms with Crippen LogP contribution >= 0.6 is 0 Å². The van der Waals surface area contributed by atoms with Gasteiger partial charge in [0.05, 0.1) is 0 Å². The van der Waals surface area contributed by atoms with Crippen LogP contribution in [0.15, 0.2) is 36.4 Å². The SMILES string of the molecule is C#CCCCNCc1cc(C)n(-c2ccccc2)c1C. The number of aryl methyl sites for hydroxylation is 1. The van der Waals surface area contributed by atoms with E-state index in [2.05, 4.69) is 60.0 Å². The number of hydrogen-bond acceptors (Lipinski definition) is 1. The smallest absolute Gasteiger partial charge is 0.0455 e. The zero-order valence-electron chi connectivity index (χ0n) is 12.3. The highest BCUT2D eigenvalue weighted by Crippen LogP contribution is 2.20. The molecule has 0 amide bonds. The number of nitrogens with one attached hydrogen (secondary N) is 1. The van der Waals surface area contributed by atoms with E-state index in [-0.39, 0.29) is 0 Å². The molecule has 2 heteroatoms. The summed E-state index contributed by atoms with van der Waals surface area (Å²) in [5, 5.41) is 3.46. The molecule has 0 unspecified atom stereocenters. The third kappa shape index (κ3) is 3.31. The summed E-state index contributed by atoms with van der Waals surface area (Å²) in [5.74, 6) is 2.67. The highest BCUT2D eigenvalue weighted by atomic mass is 15.0. The number of aromatic nitrogens is 1. The van der Waals surface area contributed by atoms with Crippen LogP contribution in [0.4, 0.5) is 0 Å². The molecule has 2 nitrogen and oxygen atoms in total. The predicted molar refractivity (Wildman–Crippen MR) is 85.0 cm³/mol. The topological polar surface area (TPSA) is 17.0 Å².